The Kier molecular flexibility index (Phi) is 6.06. The monoisotopic (exact) mass is 488 g/mol. The minimum absolute atomic E-state index is 0.0796. The Morgan fingerprint density at radius 2 is 1.66 bits per heavy atom. The first-order valence-corrected chi connectivity index (χ1v) is 10.9. The van der Waals surface area contributed by atoms with Crippen LogP contribution in [0.1, 0.15) is 27.8 Å². The van der Waals surface area contributed by atoms with E-state index in [-0.39, 0.29) is 5.57 Å². The summed E-state index contributed by atoms with van der Waals surface area (Å²) in [6.07, 6.45) is 2.27. The number of nitrogens with one attached hydrogen (secondary N) is 1. The second-order valence-corrected chi connectivity index (χ2v) is 8.61. The third-order valence-corrected chi connectivity index (χ3v) is 6.12. The van der Waals surface area contributed by atoms with Crippen LogP contribution in [-0.2, 0) is 16.0 Å². The first kappa shape index (κ1) is 21.7. The van der Waals surface area contributed by atoms with Crippen LogP contribution in [-0.4, -0.2) is 17.8 Å². The van der Waals surface area contributed by atoms with Crippen molar-refractivity contribution >= 4 is 45.5 Å². The summed E-state index contributed by atoms with van der Waals surface area (Å²) in [7, 11) is 0. The number of anilines is 1. The number of nitrogens with zero attached hydrogens (tertiary/aromatic N) is 1. The second-order valence-electron chi connectivity index (χ2n) is 7.76. The maximum atomic E-state index is 13.1. The molecule has 6 heteroatoms. The molecule has 0 spiro atoms. The topological polar surface area (TPSA) is 66.5 Å². The molecule has 1 saturated heterocycles. The summed E-state index contributed by atoms with van der Waals surface area (Å²) in [6, 6.07) is 20.4. The molecule has 1 aliphatic rings. The first-order chi connectivity index (χ1) is 15.3. The lowest BCUT2D eigenvalue weighted by atomic mass is 10.0. The van der Waals surface area contributed by atoms with Crippen LogP contribution >= 0.6 is 15.9 Å². The molecule has 1 heterocycles. The lowest BCUT2D eigenvalue weighted by Gasteiger charge is -2.27. The van der Waals surface area contributed by atoms with Crippen LogP contribution in [0.4, 0.5) is 10.5 Å². The molecule has 0 aromatic heterocycles. The molecule has 0 unspecified atom stereocenters. The Labute approximate surface area is 194 Å². The number of aryl methyl sites for hydroxylation is 2. The van der Waals surface area contributed by atoms with E-state index in [1.165, 1.54) is 11.6 Å². The molecule has 0 bridgehead atoms. The predicted octanol–water partition coefficient (Wildman–Crippen LogP) is 5.32. The molecule has 1 fully saturated rings. The summed E-state index contributed by atoms with van der Waals surface area (Å²) in [4.78, 5) is 39.1. The van der Waals surface area contributed by atoms with Crippen LogP contribution in [0.15, 0.2) is 76.8 Å². The van der Waals surface area contributed by atoms with E-state index in [1.54, 1.807) is 6.07 Å². The molecular formula is C26H21BrN2O3. The maximum Gasteiger partial charge on any atom is 0.335 e. The third-order valence-electron chi connectivity index (χ3n) is 5.35. The largest absolute Gasteiger partial charge is 0.335 e. The summed E-state index contributed by atoms with van der Waals surface area (Å²) in [5, 5.41) is 2.28. The van der Waals surface area contributed by atoms with Gasteiger partial charge in [-0.05, 0) is 66.3 Å². The fourth-order valence-electron chi connectivity index (χ4n) is 3.60. The van der Waals surface area contributed by atoms with Gasteiger partial charge in [0, 0.05) is 4.47 Å². The zero-order chi connectivity index (χ0) is 22.8. The number of imide groups is 2. The summed E-state index contributed by atoms with van der Waals surface area (Å²) >= 11 is 3.56. The highest BCUT2D eigenvalue weighted by molar-refractivity contribution is 9.10. The van der Waals surface area contributed by atoms with Gasteiger partial charge in [-0.1, -0.05) is 70.5 Å². The lowest BCUT2D eigenvalue weighted by molar-refractivity contribution is -0.122. The Balaban J connectivity index is 1.62. The molecule has 1 aliphatic heterocycles. The second kappa shape index (κ2) is 8.93. The van der Waals surface area contributed by atoms with Gasteiger partial charge in [-0.15, -0.1) is 0 Å². The number of urea groups is 1. The third kappa shape index (κ3) is 4.41. The smallest absolute Gasteiger partial charge is 0.273 e. The van der Waals surface area contributed by atoms with Gasteiger partial charge in [0.05, 0.1) is 5.69 Å². The molecule has 0 aliphatic carbocycles. The van der Waals surface area contributed by atoms with Crippen LogP contribution in [0.5, 0.6) is 0 Å². The Hall–Kier alpha value is -3.51. The van der Waals surface area contributed by atoms with Crippen LogP contribution in [0.25, 0.3) is 6.08 Å². The van der Waals surface area contributed by atoms with Gasteiger partial charge in [-0.3, -0.25) is 14.9 Å². The summed E-state index contributed by atoms with van der Waals surface area (Å²) in [5.41, 5.74) is 5.04. The molecular weight excluding hydrogens is 468 g/mol. The SMILES string of the molecule is Cc1ccc(C)c(N2C(=O)NC(=O)/C(=C\c3ccc(Cc4ccccc4Br)cc3)C2=O)c1. The standard InChI is InChI=1S/C26H21BrN2O3/c1-16-7-8-17(2)23(13-16)29-25(31)21(24(30)28-26(29)32)15-19-11-9-18(10-12-19)14-20-5-3-4-6-22(20)27/h3-13,15H,14H2,1-2H3,(H,28,30,32)/b21-15+. The van der Waals surface area contributed by atoms with Crippen molar-refractivity contribution in [1.29, 1.82) is 0 Å². The van der Waals surface area contributed by atoms with Crippen molar-refractivity contribution in [2.45, 2.75) is 20.3 Å². The van der Waals surface area contributed by atoms with Gasteiger partial charge in [-0.25, -0.2) is 9.69 Å². The minimum atomic E-state index is -0.741. The van der Waals surface area contributed by atoms with Crippen LogP contribution in [0, 0.1) is 13.8 Å². The fourth-order valence-corrected chi connectivity index (χ4v) is 4.02. The van der Waals surface area contributed by atoms with Gasteiger partial charge >= 0.3 is 6.03 Å². The van der Waals surface area contributed by atoms with Crippen LogP contribution < -0.4 is 10.2 Å². The predicted molar refractivity (Wildman–Crippen MR) is 128 cm³/mol. The average molecular weight is 489 g/mol. The Bertz CT molecular complexity index is 1260. The Morgan fingerprint density at radius 1 is 0.938 bits per heavy atom. The van der Waals surface area contributed by atoms with Gasteiger partial charge in [0.25, 0.3) is 11.8 Å². The number of rotatable bonds is 4. The van der Waals surface area contributed by atoms with Gasteiger partial charge in [0.1, 0.15) is 5.57 Å². The highest BCUT2D eigenvalue weighted by Crippen LogP contribution is 2.26. The van der Waals surface area contributed by atoms with Crippen molar-refractivity contribution in [3.63, 3.8) is 0 Å². The molecule has 5 nitrogen and oxygen atoms in total. The molecule has 0 atom stereocenters. The lowest BCUT2D eigenvalue weighted by Crippen LogP contribution is -2.54. The molecule has 0 radical (unpaired) electrons. The zero-order valence-corrected chi connectivity index (χ0v) is 19.3. The molecule has 0 saturated carbocycles. The summed E-state index contributed by atoms with van der Waals surface area (Å²) < 4.78 is 1.05. The fraction of sp³-hybridized carbons (Fsp3) is 0.115. The van der Waals surface area contributed by atoms with Crippen molar-refractivity contribution in [1.82, 2.24) is 5.32 Å². The van der Waals surface area contributed by atoms with Crippen molar-refractivity contribution in [3.05, 3.63) is 105 Å². The zero-order valence-electron chi connectivity index (χ0n) is 17.7. The highest BCUT2D eigenvalue weighted by Gasteiger charge is 2.37. The van der Waals surface area contributed by atoms with E-state index in [2.05, 4.69) is 27.3 Å². The van der Waals surface area contributed by atoms with Gasteiger partial charge in [0.15, 0.2) is 0 Å². The molecule has 3 aromatic rings. The van der Waals surface area contributed by atoms with E-state index in [0.717, 1.165) is 32.5 Å². The average Bonchev–Trinajstić information content (AvgIpc) is 2.76. The van der Waals surface area contributed by atoms with Gasteiger partial charge < -0.3 is 0 Å². The van der Waals surface area contributed by atoms with Crippen molar-refractivity contribution in [2.24, 2.45) is 0 Å². The molecule has 160 valence electrons. The molecule has 4 amide bonds. The van der Waals surface area contributed by atoms with E-state index < -0.39 is 17.8 Å². The van der Waals surface area contributed by atoms with Crippen LogP contribution in [0.3, 0.4) is 0 Å². The normalized spacial score (nSPS) is 15.3. The van der Waals surface area contributed by atoms with Crippen LogP contribution in [0.2, 0.25) is 0 Å². The first-order valence-electron chi connectivity index (χ1n) is 10.1. The Morgan fingerprint density at radius 3 is 2.38 bits per heavy atom. The molecule has 1 N–H and O–H groups in total. The number of amides is 4. The number of carbonyl (C=O) groups is 3. The summed E-state index contributed by atoms with van der Waals surface area (Å²) in [5.74, 6) is -1.33. The number of hydrogen-bond donors (Lipinski definition) is 1. The van der Waals surface area contributed by atoms with E-state index in [9.17, 15) is 14.4 Å². The minimum Gasteiger partial charge on any atom is -0.273 e. The number of barbiturate groups is 1. The van der Waals surface area contributed by atoms with E-state index in [4.69, 9.17) is 0 Å². The van der Waals surface area contributed by atoms with Gasteiger partial charge in [0.2, 0.25) is 0 Å². The molecule has 3 aromatic carbocycles. The van der Waals surface area contributed by atoms with Crippen molar-refractivity contribution in [2.75, 3.05) is 4.90 Å². The van der Waals surface area contributed by atoms with E-state index >= 15 is 0 Å². The molecule has 32 heavy (non-hydrogen) atoms. The molecule has 4 rings (SSSR count). The quantitative estimate of drug-likeness (QED) is 0.399. The van der Waals surface area contributed by atoms with E-state index in [0.29, 0.717) is 11.3 Å². The number of hydrogen-bond acceptors (Lipinski definition) is 3. The maximum absolute atomic E-state index is 13.1. The summed E-state index contributed by atoms with van der Waals surface area (Å²) in [6.45, 7) is 3.70. The van der Waals surface area contributed by atoms with Crippen molar-refractivity contribution in [3.8, 4) is 0 Å². The van der Waals surface area contributed by atoms with E-state index in [1.807, 2.05) is 68.4 Å². The highest BCUT2D eigenvalue weighted by atomic mass is 79.9. The number of halogens is 1. The van der Waals surface area contributed by atoms with Crippen molar-refractivity contribution < 1.29 is 14.4 Å². The van der Waals surface area contributed by atoms with Gasteiger partial charge in [-0.2, -0.15) is 0 Å². The number of carbonyl (C=O) groups excluding carboxylic acids is 3. The number of benzene rings is 3.